The van der Waals surface area contributed by atoms with Gasteiger partial charge >= 0.3 is 0 Å². The Morgan fingerprint density at radius 1 is 1.35 bits per heavy atom. The van der Waals surface area contributed by atoms with Gasteiger partial charge in [0.2, 0.25) is 0 Å². The zero-order chi connectivity index (χ0) is 14.6. The van der Waals surface area contributed by atoms with Crippen LogP contribution in [0.4, 0.5) is 0 Å². The van der Waals surface area contributed by atoms with Crippen molar-refractivity contribution in [1.82, 2.24) is 5.32 Å². The molecular weight excluding hydrogens is 274 g/mol. The molecule has 1 aromatic rings. The number of nitrogens with one attached hydrogen (secondary N) is 1. The standard InChI is InChI=1S/C15H23NO3S/c1-19-15-6-3-5-12(11-15)13-9-14(10-13)16-7-4-8-20(2,17)18/h3,5-6,11,13-14,16H,4,7-10H2,1-2H3. The highest BCUT2D eigenvalue weighted by molar-refractivity contribution is 7.90. The summed E-state index contributed by atoms with van der Waals surface area (Å²) in [4.78, 5) is 0. The molecule has 1 fully saturated rings. The molecule has 1 saturated carbocycles. The van der Waals surface area contributed by atoms with Crippen molar-refractivity contribution < 1.29 is 13.2 Å². The molecule has 0 spiro atoms. The number of hydrogen-bond acceptors (Lipinski definition) is 4. The number of ether oxygens (including phenoxy) is 1. The predicted octanol–water partition coefficient (Wildman–Crippen LogP) is 1.97. The Kier molecular flexibility index (Phi) is 5.05. The lowest BCUT2D eigenvalue weighted by Gasteiger charge is -2.36. The van der Waals surface area contributed by atoms with Gasteiger partial charge in [0, 0.05) is 12.3 Å². The van der Waals surface area contributed by atoms with E-state index in [1.165, 1.54) is 11.8 Å². The number of hydrogen-bond donors (Lipinski definition) is 1. The molecule has 112 valence electrons. The first kappa shape index (κ1) is 15.3. The fourth-order valence-electron chi connectivity index (χ4n) is 2.59. The maximum Gasteiger partial charge on any atom is 0.147 e. The van der Waals surface area contributed by atoms with Crippen LogP contribution in [0.5, 0.6) is 5.75 Å². The average Bonchev–Trinajstić information content (AvgIpc) is 2.35. The second kappa shape index (κ2) is 6.59. The molecule has 0 heterocycles. The average molecular weight is 297 g/mol. The van der Waals surface area contributed by atoms with Crippen LogP contribution in [-0.2, 0) is 9.84 Å². The van der Waals surface area contributed by atoms with Gasteiger partial charge in [0.25, 0.3) is 0 Å². The Morgan fingerprint density at radius 2 is 2.10 bits per heavy atom. The molecule has 2 rings (SSSR count). The van der Waals surface area contributed by atoms with E-state index < -0.39 is 9.84 Å². The van der Waals surface area contributed by atoms with E-state index in [9.17, 15) is 8.42 Å². The maximum atomic E-state index is 11.0. The van der Waals surface area contributed by atoms with Gasteiger partial charge in [0.1, 0.15) is 15.6 Å². The summed E-state index contributed by atoms with van der Waals surface area (Å²) in [7, 11) is -1.14. The van der Waals surface area contributed by atoms with E-state index in [2.05, 4.69) is 17.4 Å². The minimum absolute atomic E-state index is 0.270. The topological polar surface area (TPSA) is 55.4 Å². The Labute approximate surface area is 121 Å². The molecule has 4 nitrogen and oxygen atoms in total. The summed E-state index contributed by atoms with van der Waals surface area (Å²) in [6.45, 7) is 0.780. The lowest BCUT2D eigenvalue weighted by Crippen LogP contribution is -2.40. The lowest BCUT2D eigenvalue weighted by atomic mass is 9.76. The Morgan fingerprint density at radius 3 is 2.75 bits per heavy atom. The van der Waals surface area contributed by atoms with Crippen molar-refractivity contribution >= 4 is 9.84 Å². The van der Waals surface area contributed by atoms with Crippen LogP contribution in [0.25, 0.3) is 0 Å². The van der Waals surface area contributed by atoms with Crippen molar-refractivity contribution in [3.05, 3.63) is 29.8 Å². The Hall–Kier alpha value is -1.07. The van der Waals surface area contributed by atoms with Crippen molar-refractivity contribution in [2.45, 2.75) is 31.2 Å². The molecule has 20 heavy (non-hydrogen) atoms. The number of rotatable bonds is 7. The molecule has 1 aliphatic rings. The van der Waals surface area contributed by atoms with E-state index in [0.717, 1.165) is 25.1 Å². The molecule has 0 radical (unpaired) electrons. The molecule has 5 heteroatoms. The Bertz CT molecular complexity index is 536. The van der Waals surface area contributed by atoms with Crippen molar-refractivity contribution in [3.8, 4) is 5.75 Å². The van der Waals surface area contributed by atoms with Crippen LogP contribution in [0.3, 0.4) is 0 Å². The van der Waals surface area contributed by atoms with Gasteiger partial charge in [0.05, 0.1) is 12.9 Å². The summed E-state index contributed by atoms with van der Waals surface area (Å²) < 4.78 is 27.3. The van der Waals surface area contributed by atoms with Crippen LogP contribution < -0.4 is 10.1 Å². The normalized spacial score (nSPS) is 22.3. The molecule has 0 aliphatic heterocycles. The largest absolute Gasteiger partial charge is 0.497 e. The summed E-state index contributed by atoms with van der Waals surface area (Å²) in [6.07, 6.45) is 4.21. The first-order chi connectivity index (χ1) is 9.48. The van der Waals surface area contributed by atoms with Gasteiger partial charge in [-0.05, 0) is 49.4 Å². The molecule has 1 aromatic carbocycles. The molecule has 0 aromatic heterocycles. The molecule has 1 aliphatic carbocycles. The molecule has 1 N–H and O–H groups in total. The van der Waals surface area contributed by atoms with Gasteiger partial charge in [-0.2, -0.15) is 0 Å². The van der Waals surface area contributed by atoms with E-state index in [0.29, 0.717) is 18.4 Å². The quantitative estimate of drug-likeness (QED) is 0.782. The van der Waals surface area contributed by atoms with E-state index in [4.69, 9.17) is 4.74 Å². The summed E-state index contributed by atoms with van der Waals surface area (Å²) in [6, 6.07) is 8.76. The molecule has 0 saturated heterocycles. The Balaban J connectivity index is 1.69. The second-order valence-electron chi connectivity index (χ2n) is 5.58. The van der Waals surface area contributed by atoms with Crippen molar-refractivity contribution in [2.75, 3.05) is 25.7 Å². The third-order valence-corrected chi connectivity index (χ3v) is 4.86. The van der Waals surface area contributed by atoms with Gasteiger partial charge in [-0.25, -0.2) is 8.42 Å². The number of benzene rings is 1. The third kappa shape index (κ3) is 4.49. The van der Waals surface area contributed by atoms with Crippen molar-refractivity contribution in [2.24, 2.45) is 0 Å². The third-order valence-electron chi connectivity index (χ3n) is 3.83. The maximum absolute atomic E-state index is 11.0. The van der Waals surface area contributed by atoms with Gasteiger partial charge in [-0.3, -0.25) is 0 Å². The van der Waals surface area contributed by atoms with E-state index >= 15 is 0 Å². The van der Waals surface area contributed by atoms with E-state index in [-0.39, 0.29) is 5.75 Å². The number of sulfone groups is 1. The minimum atomic E-state index is -2.83. The monoisotopic (exact) mass is 297 g/mol. The SMILES string of the molecule is COc1cccc(C2CC(NCCCS(C)(=O)=O)C2)c1. The first-order valence-corrected chi connectivity index (χ1v) is 9.09. The van der Waals surface area contributed by atoms with E-state index in [1.807, 2.05) is 12.1 Å². The highest BCUT2D eigenvalue weighted by Gasteiger charge is 2.29. The van der Waals surface area contributed by atoms with Crippen LogP contribution >= 0.6 is 0 Å². The van der Waals surface area contributed by atoms with Crippen LogP contribution in [0, 0.1) is 0 Å². The first-order valence-electron chi connectivity index (χ1n) is 7.03. The minimum Gasteiger partial charge on any atom is -0.497 e. The smallest absolute Gasteiger partial charge is 0.147 e. The molecule has 0 unspecified atom stereocenters. The van der Waals surface area contributed by atoms with Gasteiger partial charge in [-0.1, -0.05) is 12.1 Å². The lowest BCUT2D eigenvalue weighted by molar-refractivity contribution is 0.291. The fourth-order valence-corrected chi connectivity index (χ4v) is 3.26. The second-order valence-corrected chi connectivity index (χ2v) is 7.84. The zero-order valence-corrected chi connectivity index (χ0v) is 12.9. The highest BCUT2D eigenvalue weighted by atomic mass is 32.2. The summed E-state index contributed by atoms with van der Waals surface area (Å²) >= 11 is 0. The summed E-state index contributed by atoms with van der Waals surface area (Å²) in [5, 5.41) is 3.42. The van der Waals surface area contributed by atoms with E-state index in [1.54, 1.807) is 7.11 Å². The van der Waals surface area contributed by atoms with Crippen LogP contribution in [0.2, 0.25) is 0 Å². The van der Waals surface area contributed by atoms with Crippen LogP contribution in [-0.4, -0.2) is 40.1 Å². The van der Waals surface area contributed by atoms with Gasteiger partial charge in [-0.15, -0.1) is 0 Å². The number of methoxy groups -OCH3 is 1. The van der Waals surface area contributed by atoms with Gasteiger partial charge < -0.3 is 10.1 Å². The summed E-state index contributed by atoms with van der Waals surface area (Å²) in [5.74, 6) is 1.77. The predicted molar refractivity (Wildman–Crippen MR) is 81.1 cm³/mol. The fraction of sp³-hybridized carbons (Fsp3) is 0.600. The zero-order valence-electron chi connectivity index (χ0n) is 12.1. The van der Waals surface area contributed by atoms with Crippen molar-refractivity contribution in [1.29, 1.82) is 0 Å². The van der Waals surface area contributed by atoms with Crippen molar-refractivity contribution in [3.63, 3.8) is 0 Å². The van der Waals surface area contributed by atoms with Crippen LogP contribution in [0.15, 0.2) is 24.3 Å². The van der Waals surface area contributed by atoms with Crippen LogP contribution in [0.1, 0.15) is 30.7 Å². The molecule has 0 amide bonds. The van der Waals surface area contributed by atoms with Gasteiger partial charge in [0.15, 0.2) is 0 Å². The molecule has 0 atom stereocenters. The molecular formula is C15H23NO3S. The molecule has 0 bridgehead atoms. The highest BCUT2D eigenvalue weighted by Crippen LogP contribution is 2.37. The summed E-state index contributed by atoms with van der Waals surface area (Å²) in [5.41, 5.74) is 1.33.